The Kier molecular flexibility index (Phi) is 2.68. The molecule has 0 unspecified atom stereocenters. The van der Waals surface area contributed by atoms with Crippen LogP contribution in [0.25, 0.3) is 0 Å². The van der Waals surface area contributed by atoms with Crippen LogP contribution < -0.4 is 0 Å². The maximum absolute atomic E-state index is 10.6. The van der Waals surface area contributed by atoms with Crippen LogP contribution in [0.1, 0.15) is 54.5 Å². The van der Waals surface area contributed by atoms with Gasteiger partial charge in [0.25, 0.3) is 0 Å². The quantitative estimate of drug-likeness (QED) is 0.700. The van der Waals surface area contributed by atoms with Crippen molar-refractivity contribution in [2.24, 2.45) is 0 Å². The molecule has 3 heteroatoms. The first-order chi connectivity index (χ1) is 6.74. The topological polar surface area (TPSA) is 30.0 Å². The molecule has 0 saturated heterocycles. The molecule has 14 heavy (non-hydrogen) atoms. The second-order valence-electron chi connectivity index (χ2n) is 4.32. The van der Waals surface area contributed by atoms with E-state index in [9.17, 15) is 4.79 Å². The summed E-state index contributed by atoms with van der Waals surface area (Å²) in [6.45, 7) is 2.28. The zero-order valence-electron chi connectivity index (χ0n) is 8.45. The lowest BCUT2D eigenvalue weighted by Crippen LogP contribution is -2.24. The Morgan fingerprint density at radius 2 is 2.14 bits per heavy atom. The molecule has 0 aromatic carbocycles. The van der Waals surface area contributed by atoms with Crippen molar-refractivity contribution in [1.82, 2.24) is 4.98 Å². The lowest BCUT2D eigenvalue weighted by molar-refractivity contribution is 0.111. The first-order valence-electron chi connectivity index (χ1n) is 5.16. The van der Waals surface area contributed by atoms with Gasteiger partial charge in [-0.25, -0.2) is 4.98 Å². The third-order valence-corrected chi connectivity index (χ3v) is 4.28. The Morgan fingerprint density at radius 3 is 2.71 bits per heavy atom. The van der Waals surface area contributed by atoms with Crippen LogP contribution in [0, 0.1) is 0 Å². The van der Waals surface area contributed by atoms with Crippen molar-refractivity contribution in [3.8, 4) is 0 Å². The van der Waals surface area contributed by atoms with Crippen LogP contribution in [0.4, 0.5) is 0 Å². The molecule has 0 N–H and O–H groups in total. The van der Waals surface area contributed by atoms with Crippen molar-refractivity contribution in [3.05, 3.63) is 16.1 Å². The lowest BCUT2D eigenvalue weighted by Gasteiger charge is -2.31. The van der Waals surface area contributed by atoms with Crippen LogP contribution in [0.5, 0.6) is 0 Å². The monoisotopic (exact) mass is 209 g/mol. The van der Waals surface area contributed by atoms with Gasteiger partial charge in [-0.15, -0.1) is 11.3 Å². The molecular weight excluding hydrogens is 194 g/mol. The van der Waals surface area contributed by atoms with Gasteiger partial charge in [-0.2, -0.15) is 0 Å². The number of aldehydes is 1. The van der Waals surface area contributed by atoms with E-state index in [1.54, 1.807) is 11.3 Å². The van der Waals surface area contributed by atoms with Gasteiger partial charge in [0.15, 0.2) is 6.29 Å². The van der Waals surface area contributed by atoms with Gasteiger partial charge >= 0.3 is 0 Å². The average molecular weight is 209 g/mol. The highest BCUT2D eigenvalue weighted by atomic mass is 32.1. The van der Waals surface area contributed by atoms with Crippen molar-refractivity contribution in [2.75, 3.05) is 0 Å². The minimum absolute atomic E-state index is 0.240. The minimum atomic E-state index is 0.240. The van der Waals surface area contributed by atoms with Crippen LogP contribution >= 0.6 is 11.3 Å². The average Bonchev–Trinajstić information content (AvgIpc) is 2.67. The Hall–Kier alpha value is -0.700. The van der Waals surface area contributed by atoms with E-state index in [0.717, 1.165) is 11.3 Å². The molecule has 0 atom stereocenters. The summed E-state index contributed by atoms with van der Waals surface area (Å²) >= 11 is 1.64. The van der Waals surface area contributed by atoms with E-state index < -0.39 is 0 Å². The smallest absolute Gasteiger partial charge is 0.169 e. The van der Waals surface area contributed by atoms with E-state index in [1.807, 2.05) is 5.38 Å². The normalized spacial score (nSPS) is 20.6. The molecule has 1 aromatic rings. The molecule has 0 radical (unpaired) electrons. The van der Waals surface area contributed by atoms with Crippen LogP contribution in [-0.4, -0.2) is 11.3 Å². The number of hydrogen-bond donors (Lipinski definition) is 0. The van der Waals surface area contributed by atoms with E-state index in [4.69, 9.17) is 0 Å². The summed E-state index contributed by atoms with van der Waals surface area (Å²) in [4.78, 5) is 14.9. The van der Waals surface area contributed by atoms with Crippen LogP contribution in [0.2, 0.25) is 0 Å². The fourth-order valence-corrected chi connectivity index (χ4v) is 3.15. The number of hydrogen-bond acceptors (Lipinski definition) is 3. The number of carbonyl (C=O) groups is 1. The van der Waals surface area contributed by atoms with E-state index in [0.29, 0.717) is 5.69 Å². The van der Waals surface area contributed by atoms with Crippen molar-refractivity contribution in [3.63, 3.8) is 0 Å². The number of aromatic nitrogens is 1. The number of nitrogens with zero attached hydrogens (tertiary/aromatic N) is 1. The van der Waals surface area contributed by atoms with Crippen molar-refractivity contribution >= 4 is 17.6 Å². The molecule has 2 nitrogen and oxygen atoms in total. The zero-order chi connectivity index (χ0) is 10.0. The number of rotatable bonds is 2. The Labute approximate surface area is 88.4 Å². The van der Waals surface area contributed by atoms with Crippen LogP contribution in [0.3, 0.4) is 0 Å². The van der Waals surface area contributed by atoms with Gasteiger partial charge in [0, 0.05) is 10.8 Å². The molecule has 1 aliphatic rings. The van der Waals surface area contributed by atoms with Gasteiger partial charge in [-0.05, 0) is 12.8 Å². The van der Waals surface area contributed by atoms with Crippen molar-refractivity contribution in [2.45, 2.75) is 44.4 Å². The van der Waals surface area contributed by atoms with E-state index in [-0.39, 0.29) is 5.41 Å². The second kappa shape index (κ2) is 3.81. The summed E-state index contributed by atoms with van der Waals surface area (Å²) in [5.74, 6) is 0. The summed E-state index contributed by atoms with van der Waals surface area (Å²) in [6, 6.07) is 0. The third kappa shape index (κ3) is 1.73. The third-order valence-electron chi connectivity index (χ3n) is 3.12. The van der Waals surface area contributed by atoms with Crippen LogP contribution in [0.15, 0.2) is 5.38 Å². The first kappa shape index (κ1) is 9.84. The SMILES string of the molecule is CC1(c2nc(C=O)cs2)CCCCC1. The summed E-state index contributed by atoms with van der Waals surface area (Å²) in [7, 11) is 0. The molecule has 1 saturated carbocycles. The van der Waals surface area contributed by atoms with E-state index in [1.165, 1.54) is 32.1 Å². The second-order valence-corrected chi connectivity index (χ2v) is 5.17. The maximum atomic E-state index is 10.6. The van der Waals surface area contributed by atoms with Crippen molar-refractivity contribution in [1.29, 1.82) is 0 Å². The highest BCUT2D eigenvalue weighted by molar-refractivity contribution is 7.10. The molecule has 0 bridgehead atoms. The van der Waals surface area contributed by atoms with Gasteiger partial charge in [0.2, 0.25) is 0 Å². The summed E-state index contributed by atoms with van der Waals surface area (Å²) in [5.41, 5.74) is 0.835. The van der Waals surface area contributed by atoms with Gasteiger partial charge in [-0.1, -0.05) is 26.2 Å². The summed E-state index contributed by atoms with van der Waals surface area (Å²) < 4.78 is 0. The Balaban J connectivity index is 2.23. The number of carbonyl (C=O) groups excluding carboxylic acids is 1. The predicted molar refractivity (Wildman–Crippen MR) is 57.9 cm³/mol. The van der Waals surface area contributed by atoms with E-state index in [2.05, 4.69) is 11.9 Å². The largest absolute Gasteiger partial charge is 0.296 e. The van der Waals surface area contributed by atoms with Crippen LogP contribution in [-0.2, 0) is 5.41 Å². The Bertz CT molecular complexity index is 326. The van der Waals surface area contributed by atoms with Gasteiger partial charge in [0.1, 0.15) is 5.69 Å². The first-order valence-corrected chi connectivity index (χ1v) is 6.04. The van der Waals surface area contributed by atoms with Gasteiger partial charge in [0.05, 0.1) is 5.01 Å². The summed E-state index contributed by atoms with van der Waals surface area (Å²) in [5, 5.41) is 3.02. The Morgan fingerprint density at radius 1 is 1.43 bits per heavy atom. The maximum Gasteiger partial charge on any atom is 0.169 e. The minimum Gasteiger partial charge on any atom is -0.296 e. The molecule has 1 aromatic heterocycles. The molecule has 1 aliphatic carbocycles. The summed E-state index contributed by atoms with van der Waals surface area (Å²) in [6.07, 6.45) is 7.23. The molecule has 2 rings (SSSR count). The zero-order valence-corrected chi connectivity index (χ0v) is 9.27. The molecule has 76 valence electrons. The van der Waals surface area contributed by atoms with Crippen molar-refractivity contribution < 1.29 is 4.79 Å². The van der Waals surface area contributed by atoms with Gasteiger partial charge in [-0.3, -0.25) is 4.79 Å². The van der Waals surface area contributed by atoms with E-state index >= 15 is 0 Å². The number of thiazole rings is 1. The highest BCUT2D eigenvalue weighted by Gasteiger charge is 2.31. The fraction of sp³-hybridized carbons (Fsp3) is 0.636. The molecule has 0 spiro atoms. The molecule has 1 fully saturated rings. The standard InChI is InChI=1S/C11H15NOS/c1-11(5-3-2-4-6-11)10-12-9(7-13)8-14-10/h7-8H,2-6H2,1H3. The molecule has 1 heterocycles. The highest BCUT2D eigenvalue weighted by Crippen LogP contribution is 2.39. The lowest BCUT2D eigenvalue weighted by atomic mass is 9.76. The molecular formula is C11H15NOS. The fourth-order valence-electron chi connectivity index (χ4n) is 2.16. The molecule has 0 aliphatic heterocycles. The molecule has 0 amide bonds. The van der Waals surface area contributed by atoms with Gasteiger partial charge < -0.3 is 0 Å². The predicted octanol–water partition coefficient (Wildman–Crippen LogP) is 3.18.